The molecular formula is C15H26O3. The maximum Gasteiger partial charge on any atom is 0.0767 e. The van der Waals surface area contributed by atoms with Crippen molar-refractivity contribution in [3.8, 4) is 0 Å². The number of rotatable bonds is 2. The largest absolute Gasteiger partial charge is 0.393 e. The van der Waals surface area contributed by atoms with E-state index in [1.54, 1.807) is 0 Å². The lowest BCUT2D eigenvalue weighted by Gasteiger charge is -2.52. The third-order valence-corrected chi connectivity index (χ3v) is 5.08. The first kappa shape index (κ1) is 14.0. The number of aliphatic hydroxyl groups is 3. The fourth-order valence-corrected chi connectivity index (χ4v) is 4.24. The Bertz CT molecular complexity index is 372. The highest BCUT2D eigenvalue weighted by atomic mass is 16.3. The van der Waals surface area contributed by atoms with Gasteiger partial charge in [0.25, 0.3) is 0 Å². The predicted molar refractivity (Wildman–Crippen MR) is 71.0 cm³/mol. The number of hydrogen-bond acceptors (Lipinski definition) is 3. The van der Waals surface area contributed by atoms with Crippen LogP contribution < -0.4 is 0 Å². The summed E-state index contributed by atoms with van der Waals surface area (Å²) in [5, 5.41) is 29.6. The van der Waals surface area contributed by atoms with E-state index in [4.69, 9.17) is 0 Å². The van der Waals surface area contributed by atoms with Gasteiger partial charge in [0, 0.05) is 0 Å². The van der Waals surface area contributed by atoms with Crippen LogP contribution in [0.25, 0.3) is 0 Å². The van der Waals surface area contributed by atoms with Gasteiger partial charge in [-0.25, -0.2) is 0 Å². The molecule has 0 radical (unpaired) electrons. The van der Waals surface area contributed by atoms with Crippen LogP contribution in [0.1, 0.15) is 47.0 Å². The molecule has 3 N–H and O–H groups in total. The summed E-state index contributed by atoms with van der Waals surface area (Å²) >= 11 is 0. The lowest BCUT2D eigenvalue weighted by atomic mass is 9.55. The number of aliphatic hydroxyl groups excluding tert-OH is 3. The van der Waals surface area contributed by atoms with Crippen molar-refractivity contribution in [2.45, 2.75) is 59.2 Å². The van der Waals surface area contributed by atoms with Crippen molar-refractivity contribution in [1.82, 2.24) is 0 Å². The van der Waals surface area contributed by atoms with Gasteiger partial charge in [0.1, 0.15) is 0 Å². The number of hydrogen-bond donors (Lipinski definition) is 3. The van der Waals surface area contributed by atoms with Crippen molar-refractivity contribution in [1.29, 1.82) is 0 Å². The first-order valence-electron chi connectivity index (χ1n) is 6.88. The average Bonchev–Trinajstić information content (AvgIpc) is 2.51. The summed E-state index contributed by atoms with van der Waals surface area (Å²) in [7, 11) is 0. The van der Waals surface area contributed by atoms with Gasteiger partial charge < -0.3 is 15.3 Å². The Morgan fingerprint density at radius 3 is 2.17 bits per heavy atom. The Kier molecular flexibility index (Phi) is 3.37. The molecule has 2 saturated carbocycles. The summed E-state index contributed by atoms with van der Waals surface area (Å²) in [6, 6.07) is 0. The van der Waals surface area contributed by atoms with Crippen LogP contribution in [0.4, 0.5) is 0 Å². The zero-order chi connectivity index (χ0) is 13.7. The fraction of sp³-hybridized carbons (Fsp3) is 0.867. The molecule has 2 rings (SSSR count). The normalized spacial score (nSPS) is 45.8. The summed E-state index contributed by atoms with van der Waals surface area (Å²) in [5.41, 5.74) is 1.87. The third-order valence-electron chi connectivity index (χ3n) is 5.08. The zero-order valence-electron chi connectivity index (χ0n) is 11.9. The molecule has 2 fully saturated rings. The molecule has 104 valence electrons. The molecule has 2 aliphatic rings. The molecule has 0 unspecified atom stereocenters. The van der Waals surface area contributed by atoms with Crippen molar-refractivity contribution in [3.05, 3.63) is 11.1 Å². The van der Waals surface area contributed by atoms with Gasteiger partial charge in [-0.05, 0) is 54.1 Å². The van der Waals surface area contributed by atoms with E-state index in [9.17, 15) is 15.3 Å². The van der Waals surface area contributed by atoms with E-state index < -0.39 is 6.10 Å². The molecule has 0 amide bonds. The highest BCUT2D eigenvalue weighted by Gasteiger charge is 2.56. The van der Waals surface area contributed by atoms with Gasteiger partial charge in [0.05, 0.1) is 18.8 Å². The summed E-state index contributed by atoms with van der Waals surface area (Å²) in [4.78, 5) is 0. The molecule has 0 aliphatic heterocycles. The molecule has 0 spiro atoms. The topological polar surface area (TPSA) is 60.7 Å². The fourth-order valence-electron chi connectivity index (χ4n) is 4.24. The van der Waals surface area contributed by atoms with E-state index in [2.05, 4.69) is 20.8 Å². The van der Waals surface area contributed by atoms with E-state index in [0.717, 1.165) is 24.0 Å². The van der Waals surface area contributed by atoms with E-state index in [1.165, 1.54) is 0 Å². The van der Waals surface area contributed by atoms with Gasteiger partial charge in [-0.2, -0.15) is 0 Å². The zero-order valence-corrected chi connectivity index (χ0v) is 11.9. The van der Waals surface area contributed by atoms with E-state index >= 15 is 0 Å². The SMILES string of the molecule is C/C(CO)=C1\[C@@H](O)C[C@]1(C)[C@H]1CC(C)(C)C[C@@H]1O. The molecule has 0 aromatic carbocycles. The van der Waals surface area contributed by atoms with Crippen molar-refractivity contribution < 1.29 is 15.3 Å². The summed E-state index contributed by atoms with van der Waals surface area (Å²) in [6.45, 7) is 8.38. The van der Waals surface area contributed by atoms with Crippen LogP contribution in [-0.2, 0) is 0 Å². The second kappa shape index (κ2) is 4.32. The molecule has 0 bridgehead atoms. The first-order chi connectivity index (χ1) is 8.21. The van der Waals surface area contributed by atoms with Gasteiger partial charge >= 0.3 is 0 Å². The van der Waals surface area contributed by atoms with Gasteiger partial charge in [0.2, 0.25) is 0 Å². The molecule has 3 nitrogen and oxygen atoms in total. The Morgan fingerprint density at radius 1 is 1.17 bits per heavy atom. The molecule has 0 aromatic heterocycles. The third kappa shape index (κ3) is 2.02. The minimum atomic E-state index is -0.432. The predicted octanol–water partition coefficient (Wildman–Crippen LogP) is 1.86. The van der Waals surface area contributed by atoms with Crippen LogP contribution in [0.5, 0.6) is 0 Å². The first-order valence-corrected chi connectivity index (χ1v) is 6.88. The smallest absolute Gasteiger partial charge is 0.0767 e. The van der Waals surface area contributed by atoms with Crippen LogP contribution in [0.2, 0.25) is 0 Å². The molecule has 0 saturated heterocycles. The Hall–Kier alpha value is -0.380. The molecule has 3 heteroatoms. The Balaban J connectivity index is 2.28. The average molecular weight is 254 g/mol. The second-order valence-electron chi connectivity index (χ2n) is 7.24. The molecule has 0 aromatic rings. The van der Waals surface area contributed by atoms with Crippen LogP contribution in [0.3, 0.4) is 0 Å². The summed E-state index contributed by atoms with van der Waals surface area (Å²) < 4.78 is 0. The van der Waals surface area contributed by atoms with Crippen LogP contribution in [-0.4, -0.2) is 34.1 Å². The van der Waals surface area contributed by atoms with Crippen molar-refractivity contribution >= 4 is 0 Å². The molecular weight excluding hydrogens is 228 g/mol. The van der Waals surface area contributed by atoms with Crippen molar-refractivity contribution in [2.75, 3.05) is 6.61 Å². The summed E-state index contributed by atoms with van der Waals surface area (Å²) in [6.07, 6.45) is 1.79. The minimum absolute atomic E-state index is 0.00576. The van der Waals surface area contributed by atoms with Gasteiger partial charge in [-0.3, -0.25) is 0 Å². The molecule has 0 heterocycles. The Labute approximate surface area is 110 Å². The molecule has 2 aliphatic carbocycles. The van der Waals surface area contributed by atoms with Crippen LogP contribution >= 0.6 is 0 Å². The lowest BCUT2D eigenvalue weighted by molar-refractivity contribution is -0.0244. The molecule has 18 heavy (non-hydrogen) atoms. The minimum Gasteiger partial charge on any atom is -0.393 e. The van der Waals surface area contributed by atoms with Gasteiger partial charge in [0.15, 0.2) is 0 Å². The van der Waals surface area contributed by atoms with Gasteiger partial charge in [-0.1, -0.05) is 20.8 Å². The molecule has 4 atom stereocenters. The second-order valence-corrected chi connectivity index (χ2v) is 7.24. The Morgan fingerprint density at radius 2 is 1.78 bits per heavy atom. The van der Waals surface area contributed by atoms with Crippen LogP contribution in [0.15, 0.2) is 11.1 Å². The van der Waals surface area contributed by atoms with Crippen LogP contribution in [0, 0.1) is 16.7 Å². The van der Waals surface area contributed by atoms with E-state index in [-0.39, 0.29) is 29.5 Å². The van der Waals surface area contributed by atoms with Crippen molar-refractivity contribution in [2.24, 2.45) is 16.7 Å². The highest BCUT2D eigenvalue weighted by Crippen LogP contribution is 2.60. The standard InChI is InChI=1S/C15H26O3/c1-9(8-16)13-12(18)7-15(13,4)10-5-14(2,3)6-11(10)17/h10-12,16-18H,5-8H2,1-4H3/b13-9-/t10-,11-,12-,15+/m0/s1. The van der Waals surface area contributed by atoms with E-state index in [1.807, 2.05) is 6.92 Å². The lowest BCUT2D eigenvalue weighted by Crippen LogP contribution is -2.50. The van der Waals surface area contributed by atoms with E-state index in [0.29, 0.717) is 6.42 Å². The summed E-state index contributed by atoms with van der Waals surface area (Å²) in [5.74, 6) is 0.201. The maximum atomic E-state index is 10.3. The van der Waals surface area contributed by atoms with Crippen molar-refractivity contribution in [3.63, 3.8) is 0 Å². The van der Waals surface area contributed by atoms with Gasteiger partial charge in [-0.15, -0.1) is 0 Å². The maximum absolute atomic E-state index is 10.3. The highest BCUT2D eigenvalue weighted by molar-refractivity contribution is 5.35. The monoisotopic (exact) mass is 254 g/mol. The quantitative estimate of drug-likeness (QED) is 0.659.